The van der Waals surface area contributed by atoms with Crippen LogP contribution in [0.1, 0.15) is 108 Å². The first kappa shape index (κ1) is 33.6. The molecule has 0 fully saturated rings. The van der Waals surface area contributed by atoms with Gasteiger partial charge in [0, 0.05) is 17.7 Å². The Labute approximate surface area is 239 Å². The second-order valence-corrected chi connectivity index (χ2v) is 10.4. The van der Waals surface area contributed by atoms with E-state index in [9.17, 15) is 4.79 Å². The molecule has 37 heavy (non-hydrogen) atoms. The summed E-state index contributed by atoms with van der Waals surface area (Å²) in [5.41, 5.74) is 0.730. The van der Waals surface area contributed by atoms with Gasteiger partial charge >= 0.3 is 18.9 Å². The molecule has 2 rings (SSSR count). The third kappa shape index (κ3) is 13.8. The van der Waals surface area contributed by atoms with Crippen molar-refractivity contribution in [1.29, 1.82) is 0 Å². The SMILES string of the molecule is CCCCCCOc1cc(OCCCCCC)c([P-]C(=O)c2ccccc2)c(OCCCCCC)c1.[Li+]. The molecule has 4 nitrogen and oxygen atoms in total. The number of ether oxygens (including phenoxy) is 3. The predicted octanol–water partition coefficient (Wildman–Crippen LogP) is 5.98. The monoisotopic (exact) mass is 520 g/mol. The molecule has 2 aromatic carbocycles. The van der Waals surface area contributed by atoms with Crippen LogP contribution in [0.15, 0.2) is 42.5 Å². The van der Waals surface area contributed by atoms with E-state index in [0.29, 0.717) is 45.5 Å². The number of benzene rings is 2. The van der Waals surface area contributed by atoms with Gasteiger partial charge in [0.25, 0.3) is 0 Å². The van der Waals surface area contributed by atoms with Gasteiger partial charge in [-0.15, -0.1) is 5.30 Å². The van der Waals surface area contributed by atoms with E-state index in [1.54, 1.807) is 0 Å². The summed E-state index contributed by atoms with van der Waals surface area (Å²) < 4.78 is 18.7. The summed E-state index contributed by atoms with van der Waals surface area (Å²) in [5.74, 6) is 2.16. The summed E-state index contributed by atoms with van der Waals surface area (Å²) in [6, 6.07) is 13.3. The van der Waals surface area contributed by atoms with Crippen molar-refractivity contribution in [3.05, 3.63) is 48.0 Å². The van der Waals surface area contributed by atoms with Gasteiger partial charge in [-0.2, -0.15) is 0 Å². The molecule has 0 unspecified atom stereocenters. The third-order valence-corrected chi connectivity index (χ3v) is 7.15. The van der Waals surface area contributed by atoms with E-state index in [0.717, 1.165) is 43.2 Å². The first-order valence-corrected chi connectivity index (χ1v) is 15.0. The Kier molecular flexibility index (Phi) is 19.5. The van der Waals surface area contributed by atoms with Crippen LogP contribution in [-0.4, -0.2) is 25.3 Å². The van der Waals surface area contributed by atoms with Crippen molar-refractivity contribution in [2.75, 3.05) is 19.8 Å². The maximum atomic E-state index is 13.2. The average molecular weight is 521 g/mol. The third-order valence-electron chi connectivity index (χ3n) is 6.03. The van der Waals surface area contributed by atoms with Crippen LogP contribution in [0.2, 0.25) is 0 Å². The average Bonchev–Trinajstić information content (AvgIpc) is 2.90. The predicted molar refractivity (Wildman–Crippen MR) is 153 cm³/mol. The molecule has 0 saturated carbocycles. The molecule has 0 spiro atoms. The van der Waals surface area contributed by atoms with Gasteiger partial charge in [-0.05, 0) is 24.8 Å². The molecule has 0 aliphatic carbocycles. The summed E-state index contributed by atoms with van der Waals surface area (Å²) in [6.07, 6.45) is 13.7. The topological polar surface area (TPSA) is 44.8 Å². The first-order chi connectivity index (χ1) is 17.7. The summed E-state index contributed by atoms with van der Waals surface area (Å²) in [6.45, 7) is 8.54. The Bertz CT molecular complexity index is 825. The Morgan fingerprint density at radius 1 is 0.649 bits per heavy atom. The van der Waals surface area contributed by atoms with Crippen LogP contribution in [0.4, 0.5) is 0 Å². The molecule has 0 N–H and O–H groups in total. The molecule has 0 bridgehead atoms. The summed E-state index contributed by atoms with van der Waals surface area (Å²) in [7, 11) is 0.559. The number of hydrogen-bond donors (Lipinski definition) is 0. The van der Waals surface area contributed by atoms with Gasteiger partial charge in [0.15, 0.2) is 0 Å². The van der Waals surface area contributed by atoms with E-state index in [1.165, 1.54) is 44.9 Å². The van der Waals surface area contributed by atoms with E-state index >= 15 is 0 Å². The molecular weight excluding hydrogens is 474 g/mol. The van der Waals surface area contributed by atoms with Crippen molar-refractivity contribution < 1.29 is 37.9 Å². The van der Waals surface area contributed by atoms with E-state index in [4.69, 9.17) is 14.2 Å². The van der Waals surface area contributed by atoms with E-state index in [-0.39, 0.29) is 24.4 Å². The van der Waals surface area contributed by atoms with Crippen molar-refractivity contribution in [2.24, 2.45) is 0 Å². The normalized spacial score (nSPS) is 10.9. The quantitative estimate of drug-likeness (QED) is 0.115. The van der Waals surface area contributed by atoms with Gasteiger partial charge in [0.1, 0.15) is 5.75 Å². The molecular formula is C31H46LiO4P. The minimum absolute atomic E-state index is 0. The molecule has 0 aliphatic heterocycles. The van der Waals surface area contributed by atoms with Crippen LogP contribution >= 0.6 is 8.58 Å². The van der Waals surface area contributed by atoms with Crippen LogP contribution in [-0.2, 0) is 0 Å². The fourth-order valence-electron chi connectivity index (χ4n) is 3.86. The van der Waals surface area contributed by atoms with Gasteiger partial charge in [-0.1, -0.05) is 109 Å². The Balaban J connectivity index is 0.00000684. The molecule has 0 saturated heterocycles. The summed E-state index contributed by atoms with van der Waals surface area (Å²) in [4.78, 5) is 13.2. The first-order valence-electron chi connectivity index (χ1n) is 14.1. The Morgan fingerprint density at radius 3 is 1.57 bits per heavy atom. The largest absolute Gasteiger partial charge is 1.00 e. The zero-order valence-electron chi connectivity index (χ0n) is 23.7. The van der Waals surface area contributed by atoms with Gasteiger partial charge in [0.05, 0.1) is 31.3 Å². The Morgan fingerprint density at radius 2 is 1.11 bits per heavy atom. The second-order valence-electron chi connectivity index (χ2n) is 9.28. The van der Waals surface area contributed by atoms with Crippen LogP contribution in [0, 0.1) is 0 Å². The van der Waals surface area contributed by atoms with Crippen LogP contribution in [0.25, 0.3) is 0 Å². The molecule has 200 valence electrons. The minimum atomic E-state index is 0. The fraction of sp³-hybridized carbons (Fsp3) is 0.581. The van der Waals surface area contributed by atoms with Crippen molar-refractivity contribution >= 4 is 19.4 Å². The van der Waals surface area contributed by atoms with E-state index in [2.05, 4.69) is 20.8 Å². The molecule has 6 heteroatoms. The molecule has 0 atom stereocenters. The van der Waals surface area contributed by atoms with Crippen molar-refractivity contribution in [3.63, 3.8) is 0 Å². The zero-order chi connectivity index (χ0) is 25.8. The van der Waals surface area contributed by atoms with Gasteiger partial charge in [-0.3, -0.25) is 0 Å². The smallest absolute Gasteiger partial charge is 0.496 e. The summed E-state index contributed by atoms with van der Waals surface area (Å²) >= 11 is 0. The van der Waals surface area contributed by atoms with Gasteiger partial charge < -0.3 is 27.6 Å². The van der Waals surface area contributed by atoms with Crippen molar-refractivity contribution in [3.8, 4) is 17.2 Å². The molecule has 0 radical (unpaired) electrons. The van der Waals surface area contributed by atoms with Crippen LogP contribution in [0.5, 0.6) is 17.2 Å². The maximum Gasteiger partial charge on any atom is 1.00 e. The number of carbonyl (C=O) groups is 1. The number of unbranched alkanes of at least 4 members (excludes halogenated alkanes) is 9. The molecule has 0 aromatic heterocycles. The van der Waals surface area contributed by atoms with Gasteiger partial charge in [0.2, 0.25) is 0 Å². The second kappa shape index (κ2) is 21.5. The van der Waals surface area contributed by atoms with Crippen LogP contribution < -0.4 is 38.4 Å². The van der Waals surface area contributed by atoms with Gasteiger partial charge in [-0.25, -0.2) is 0 Å². The minimum Gasteiger partial charge on any atom is -0.496 e. The van der Waals surface area contributed by atoms with Crippen molar-refractivity contribution in [1.82, 2.24) is 0 Å². The molecule has 0 amide bonds. The maximum absolute atomic E-state index is 13.2. The standard InChI is InChI=1S/C31H46O4P.Li/c1-4-7-10-16-21-33-27-24-28(34-22-17-11-8-5-2)30(29(25-27)35-23-18-12-9-6-3)36-31(32)26-19-14-13-15-20-26;/h13-15,19-20,24-25H,4-12,16-18,21-23H2,1-3H3;/q-1;+1. The zero-order valence-corrected chi connectivity index (χ0v) is 24.6. The fourth-order valence-corrected chi connectivity index (χ4v) is 4.82. The van der Waals surface area contributed by atoms with E-state index in [1.807, 2.05) is 42.5 Å². The van der Waals surface area contributed by atoms with E-state index < -0.39 is 0 Å². The number of carbonyl (C=O) groups excluding carboxylic acids is 1. The molecule has 0 heterocycles. The summed E-state index contributed by atoms with van der Waals surface area (Å²) in [5, 5.41) is 0.799. The molecule has 2 aromatic rings. The Hall–Kier alpha value is -1.46. The van der Waals surface area contributed by atoms with Crippen molar-refractivity contribution in [2.45, 2.75) is 97.8 Å². The number of rotatable bonds is 21. The number of hydrogen-bond acceptors (Lipinski definition) is 4. The molecule has 0 aliphatic rings. The van der Waals surface area contributed by atoms with Crippen LogP contribution in [0.3, 0.4) is 0 Å².